The van der Waals surface area contributed by atoms with Crippen molar-refractivity contribution in [3.8, 4) is 11.5 Å². The van der Waals surface area contributed by atoms with Gasteiger partial charge >= 0.3 is 24.4 Å². The quantitative estimate of drug-likeness (QED) is 0.288. The molecule has 8 nitrogen and oxygen atoms in total. The summed E-state index contributed by atoms with van der Waals surface area (Å²) in [4.78, 5) is 24.1. The lowest BCUT2D eigenvalue weighted by atomic mass is 9.65. The van der Waals surface area contributed by atoms with E-state index in [1.165, 1.54) is 11.6 Å². The van der Waals surface area contributed by atoms with Crippen LogP contribution in [0.25, 0.3) is 0 Å². The van der Waals surface area contributed by atoms with Crippen molar-refractivity contribution in [1.29, 1.82) is 0 Å². The first-order chi connectivity index (χ1) is 20.4. The third-order valence-corrected chi connectivity index (χ3v) is 8.36. The molecule has 1 aliphatic carbocycles. The maximum atomic E-state index is 13.2. The fraction of sp³-hybridized carbons (Fsp3) is 0.517. The Morgan fingerprint density at radius 3 is 2.20 bits per heavy atom. The summed E-state index contributed by atoms with van der Waals surface area (Å²) < 4.78 is 82.3. The molecule has 2 amide bonds. The topological polar surface area (TPSA) is 100 Å². The van der Waals surface area contributed by atoms with Gasteiger partial charge in [-0.25, -0.2) is 9.59 Å². The molecule has 244 valence electrons. The van der Waals surface area contributed by atoms with Crippen LogP contribution >= 0.6 is 11.6 Å². The Bertz CT molecular complexity index is 1340. The number of nitrogens with one attached hydrogen (secondary N) is 2. The van der Waals surface area contributed by atoms with E-state index in [2.05, 4.69) is 41.5 Å². The maximum Gasteiger partial charge on any atom is 0.490 e. The monoisotopic (exact) mass is 653 g/mol. The van der Waals surface area contributed by atoms with Gasteiger partial charge in [0.25, 0.3) is 0 Å². The first kappa shape index (κ1) is 35.1. The number of carbonyl (C=O) groups excluding carboxylic acids is 1. The van der Waals surface area contributed by atoms with Crippen molar-refractivity contribution >= 4 is 29.3 Å². The number of methoxy groups -OCH3 is 2. The molecule has 44 heavy (non-hydrogen) atoms. The number of halogens is 7. The Hall–Kier alpha value is -3.39. The number of anilines is 1. The number of hydrogen-bond acceptors (Lipinski definition) is 5. The molecule has 4 rings (SSSR count). The molecule has 0 radical (unpaired) electrons. The lowest BCUT2D eigenvalue weighted by Gasteiger charge is -2.46. The zero-order chi connectivity index (χ0) is 33.0. The number of amides is 2. The van der Waals surface area contributed by atoms with Crippen molar-refractivity contribution in [2.75, 3.05) is 26.1 Å². The minimum absolute atomic E-state index is 0.0365. The number of rotatable bonds is 6. The van der Waals surface area contributed by atoms with Crippen LogP contribution < -0.4 is 20.1 Å². The highest BCUT2D eigenvalue weighted by atomic mass is 35.5. The molecular formula is C29H34ClF6N3O5. The summed E-state index contributed by atoms with van der Waals surface area (Å²) in [6.45, 7) is 5.29. The second-order valence-electron chi connectivity index (χ2n) is 10.9. The van der Waals surface area contributed by atoms with Crippen molar-refractivity contribution in [2.45, 2.75) is 75.4 Å². The molecular weight excluding hydrogens is 620 g/mol. The molecule has 3 atom stereocenters. The van der Waals surface area contributed by atoms with E-state index in [-0.39, 0.29) is 23.2 Å². The van der Waals surface area contributed by atoms with Gasteiger partial charge in [-0.1, -0.05) is 17.7 Å². The van der Waals surface area contributed by atoms with Gasteiger partial charge in [0.15, 0.2) is 11.5 Å². The summed E-state index contributed by atoms with van der Waals surface area (Å²) in [7, 11) is 3.24. The van der Waals surface area contributed by atoms with Gasteiger partial charge in [0.05, 0.1) is 24.8 Å². The summed E-state index contributed by atoms with van der Waals surface area (Å²) >= 11 is 5.70. The number of ether oxygens (including phenoxy) is 2. The minimum atomic E-state index is -5.08. The number of carbonyl (C=O) groups is 2. The first-order valence-electron chi connectivity index (χ1n) is 13.7. The van der Waals surface area contributed by atoms with E-state index in [1.807, 2.05) is 6.07 Å². The number of benzene rings is 2. The van der Waals surface area contributed by atoms with Crippen LogP contribution in [-0.4, -0.2) is 67.1 Å². The molecule has 0 unspecified atom stereocenters. The van der Waals surface area contributed by atoms with Gasteiger partial charge in [-0.3, -0.25) is 4.90 Å². The highest BCUT2D eigenvalue weighted by Crippen LogP contribution is 2.51. The van der Waals surface area contributed by atoms with Crippen LogP contribution in [0.3, 0.4) is 0 Å². The largest absolute Gasteiger partial charge is 0.493 e. The van der Waals surface area contributed by atoms with Crippen LogP contribution in [-0.2, 0) is 16.4 Å². The minimum Gasteiger partial charge on any atom is -0.493 e. The molecule has 3 N–H and O–H groups in total. The predicted octanol–water partition coefficient (Wildman–Crippen LogP) is 7.10. The molecule has 2 aromatic rings. The molecule has 2 aliphatic rings. The fourth-order valence-corrected chi connectivity index (χ4v) is 6.21. The number of hydrogen-bond donors (Lipinski definition) is 3. The van der Waals surface area contributed by atoms with Gasteiger partial charge in [-0.2, -0.15) is 26.3 Å². The Labute approximate surface area is 255 Å². The molecule has 0 spiro atoms. The number of carboxylic acid groups (broad SMARTS) is 1. The van der Waals surface area contributed by atoms with E-state index in [9.17, 15) is 31.1 Å². The van der Waals surface area contributed by atoms with Crippen molar-refractivity contribution < 1.29 is 50.5 Å². The van der Waals surface area contributed by atoms with E-state index >= 15 is 0 Å². The van der Waals surface area contributed by atoms with Crippen LogP contribution in [0.15, 0.2) is 36.4 Å². The number of urea groups is 1. The zero-order valence-corrected chi connectivity index (χ0v) is 25.2. The van der Waals surface area contributed by atoms with Crippen LogP contribution in [0.4, 0.5) is 36.8 Å². The molecule has 1 saturated heterocycles. The number of fused-ring (bicyclic) bond motifs is 1. The summed E-state index contributed by atoms with van der Waals surface area (Å²) in [5.41, 5.74) is 0.162. The molecule has 0 aromatic heterocycles. The van der Waals surface area contributed by atoms with Crippen molar-refractivity contribution in [1.82, 2.24) is 10.2 Å². The van der Waals surface area contributed by atoms with Crippen LogP contribution in [0.5, 0.6) is 11.5 Å². The second kappa shape index (κ2) is 13.7. The van der Waals surface area contributed by atoms with E-state index in [0.29, 0.717) is 17.5 Å². The Morgan fingerprint density at radius 2 is 1.66 bits per heavy atom. The Balaban J connectivity index is 0.000000676. The highest BCUT2D eigenvalue weighted by molar-refractivity contribution is 6.31. The van der Waals surface area contributed by atoms with Gasteiger partial charge in [-0.05, 0) is 82.0 Å². The summed E-state index contributed by atoms with van der Waals surface area (Å²) in [6.07, 6.45) is -6.35. The van der Waals surface area contributed by atoms with Crippen molar-refractivity contribution in [2.24, 2.45) is 0 Å². The number of carboxylic acids is 1. The molecule has 15 heteroatoms. The standard InChI is InChI=1S/C27H33ClF3N3O3.C2HF3O2/c1-16(2)34-12-11-26(17-5-8-22(36-3)23(13-17)37-4)10-9-19(15-24(26)34)33-25(35)32-18-6-7-21(28)20(14-18)27(29,30)31;3-2(4,5)1(6)7/h5-8,13-14,16,19,24H,9-12,15H2,1-4H3,(H2,32,33,35);(H,6,7)/t19-,24+,26+;/m1./s1. The first-order valence-corrected chi connectivity index (χ1v) is 14.0. The predicted molar refractivity (Wildman–Crippen MR) is 151 cm³/mol. The average molecular weight is 654 g/mol. The third-order valence-electron chi connectivity index (χ3n) is 8.03. The van der Waals surface area contributed by atoms with Gasteiger partial charge in [0.1, 0.15) is 0 Å². The highest BCUT2D eigenvalue weighted by Gasteiger charge is 2.52. The van der Waals surface area contributed by atoms with Crippen molar-refractivity contribution in [3.05, 3.63) is 52.5 Å². The van der Waals surface area contributed by atoms with Gasteiger partial charge in [0, 0.05) is 29.2 Å². The Kier molecular flexibility index (Phi) is 10.9. The lowest BCUT2D eigenvalue weighted by Crippen LogP contribution is -2.54. The molecule has 1 saturated carbocycles. The van der Waals surface area contributed by atoms with Crippen LogP contribution in [0, 0.1) is 0 Å². The van der Waals surface area contributed by atoms with Crippen molar-refractivity contribution in [3.63, 3.8) is 0 Å². The van der Waals surface area contributed by atoms with E-state index < -0.39 is 34.9 Å². The summed E-state index contributed by atoms with van der Waals surface area (Å²) in [5, 5.41) is 12.2. The number of aliphatic carboxylic acids is 1. The number of alkyl halides is 6. The summed E-state index contributed by atoms with van der Waals surface area (Å²) in [5.74, 6) is -1.38. The molecule has 0 bridgehead atoms. The average Bonchev–Trinajstić information content (AvgIpc) is 3.33. The normalized spacial score (nSPS) is 22.0. The molecule has 1 aliphatic heterocycles. The second-order valence-corrected chi connectivity index (χ2v) is 11.3. The van der Waals surface area contributed by atoms with E-state index in [4.69, 9.17) is 31.0 Å². The molecule has 2 aromatic carbocycles. The van der Waals surface area contributed by atoms with E-state index in [1.54, 1.807) is 14.2 Å². The van der Waals surface area contributed by atoms with Gasteiger partial charge in [-0.15, -0.1) is 0 Å². The van der Waals surface area contributed by atoms with Crippen LogP contribution in [0.1, 0.15) is 50.7 Å². The molecule has 1 heterocycles. The fourth-order valence-electron chi connectivity index (χ4n) is 5.99. The number of nitrogens with zero attached hydrogens (tertiary/aromatic N) is 1. The Morgan fingerprint density at radius 1 is 1.02 bits per heavy atom. The van der Waals surface area contributed by atoms with Crippen LogP contribution in [0.2, 0.25) is 5.02 Å². The third kappa shape index (κ3) is 8.00. The van der Waals surface area contributed by atoms with E-state index in [0.717, 1.165) is 44.4 Å². The summed E-state index contributed by atoms with van der Waals surface area (Å²) in [6, 6.07) is 9.33. The zero-order valence-electron chi connectivity index (χ0n) is 24.4. The smallest absolute Gasteiger partial charge is 0.490 e. The van der Waals surface area contributed by atoms with Gasteiger partial charge < -0.3 is 25.2 Å². The lowest BCUT2D eigenvalue weighted by molar-refractivity contribution is -0.192. The SMILES string of the molecule is COc1ccc([C@@]23CC[C@@H](NC(=O)Nc4ccc(Cl)c(C(F)(F)F)c4)C[C@@H]2N(C(C)C)CC3)cc1OC.O=C(O)C(F)(F)F. The maximum absolute atomic E-state index is 13.2. The molecule has 2 fully saturated rings. The number of likely N-dealkylation sites (tertiary alicyclic amines) is 1. The van der Waals surface area contributed by atoms with Gasteiger partial charge in [0.2, 0.25) is 0 Å².